The fraction of sp³-hybridized carbons (Fsp3) is 0.435. The first-order valence-corrected chi connectivity index (χ1v) is 13.1. The third kappa shape index (κ3) is 4.66. The molecule has 1 amide bonds. The quantitative estimate of drug-likeness (QED) is 0.639. The number of amides is 1. The molecule has 1 spiro atoms. The predicted molar refractivity (Wildman–Crippen MR) is 123 cm³/mol. The van der Waals surface area contributed by atoms with Gasteiger partial charge in [-0.25, -0.2) is 13.2 Å². The second-order valence-electron chi connectivity index (χ2n) is 8.27. The molecule has 1 unspecified atom stereocenters. The Kier molecular flexibility index (Phi) is 6.42. The van der Waals surface area contributed by atoms with E-state index in [9.17, 15) is 13.2 Å². The molecule has 2 fully saturated rings. The van der Waals surface area contributed by atoms with Crippen molar-refractivity contribution in [3.8, 4) is 0 Å². The van der Waals surface area contributed by atoms with Gasteiger partial charge in [0.25, 0.3) is 0 Å². The molecular weight excluding hydrogens is 480 g/mol. The Morgan fingerprint density at radius 3 is 2.42 bits per heavy atom. The first-order valence-electron chi connectivity index (χ1n) is 10.6. The Bertz CT molecular complexity index is 1050. The Morgan fingerprint density at radius 1 is 1.10 bits per heavy atom. The monoisotopic (exact) mass is 506 g/mol. The van der Waals surface area contributed by atoms with E-state index >= 15 is 0 Å². The molecule has 4 rings (SSSR count). The van der Waals surface area contributed by atoms with Crippen molar-refractivity contribution in [1.29, 1.82) is 0 Å². The number of hydrogen-bond donors (Lipinski definition) is 1. The molecular formula is C23H27BrN2O4S. The number of nitrogens with one attached hydrogen (secondary N) is 1. The van der Waals surface area contributed by atoms with E-state index in [1.54, 1.807) is 0 Å². The van der Waals surface area contributed by atoms with Crippen molar-refractivity contribution < 1.29 is 17.9 Å². The molecule has 1 atom stereocenters. The summed E-state index contributed by atoms with van der Waals surface area (Å²) in [6.07, 6.45) is 1.30. The van der Waals surface area contributed by atoms with Crippen molar-refractivity contribution in [1.82, 2.24) is 10.2 Å². The number of aryl methyl sites for hydroxylation is 1. The predicted octanol–water partition coefficient (Wildman–Crippen LogP) is 4.03. The molecule has 31 heavy (non-hydrogen) atoms. The number of rotatable bonds is 6. The maximum absolute atomic E-state index is 13.7. The summed E-state index contributed by atoms with van der Waals surface area (Å²) in [5, 5.41) is 2.23. The van der Waals surface area contributed by atoms with Gasteiger partial charge in [0.05, 0.1) is 12.3 Å². The van der Waals surface area contributed by atoms with Gasteiger partial charge in [0, 0.05) is 17.3 Å². The first-order chi connectivity index (χ1) is 14.8. The highest BCUT2D eigenvalue weighted by atomic mass is 79.9. The summed E-state index contributed by atoms with van der Waals surface area (Å²) in [4.78, 5) is 14.3. The van der Waals surface area contributed by atoms with Crippen LogP contribution in [0.1, 0.15) is 36.5 Å². The van der Waals surface area contributed by atoms with Gasteiger partial charge in [0.2, 0.25) is 0 Å². The van der Waals surface area contributed by atoms with E-state index in [0.29, 0.717) is 25.9 Å². The molecule has 6 nitrogen and oxygen atoms in total. The van der Waals surface area contributed by atoms with E-state index in [1.165, 1.54) is 4.90 Å². The number of halogens is 1. The molecule has 2 aromatic carbocycles. The van der Waals surface area contributed by atoms with Crippen LogP contribution in [0.15, 0.2) is 53.0 Å². The largest absolute Gasteiger partial charge is 0.439 e. The summed E-state index contributed by atoms with van der Waals surface area (Å²) in [5.41, 5.74) is 1.72. The second-order valence-corrected chi connectivity index (χ2v) is 11.2. The van der Waals surface area contributed by atoms with Crippen molar-refractivity contribution in [3.05, 3.63) is 69.7 Å². The fourth-order valence-corrected chi connectivity index (χ4v) is 7.29. The number of benzene rings is 2. The number of ether oxygens (including phenoxy) is 1. The molecule has 2 aromatic rings. The Hall–Kier alpha value is -1.90. The van der Waals surface area contributed by atoms with Crippen molar-refractivity contribution in [2.75, 3.05) is 13.1 Å². The zero-order valence-electron chi connectivity index (χ0n) is 17.5. The van der Waals surface area contributed by atoms with Gasteiger partial charge >= 0.3 is 6.09 Å². The zero-order valence-corrected chi connectivity index (χ0v) is 19.9. The molecule has 1 N–H and O–H groups in total. The lowest BCUT2D eigenvalue weighted by Gasteiger charge is -2.37. The van der Waals surface area contributed by atoms with E-state index in [2.05, 4.69) is 28.2 Å². The Labute approximate surface area is 192 Å². The highest BCUT2D eigenvalue weighted by Crippen LogP contribution is 2.41. The fourth-order valence-electron chi connectivity index (χ4n) is 4.54. The van der Waals surface area contributed by atoms with Crippen LogP contribution in [-0.2, 0) is 33.3 Å². The number of nitrogens with zero attached hydrogens (tertiary/aromatic N) is 1. The van der Waals surface area contributed by atoms with Crippen LogP contribution in [0.3, 0.4) is 0 Å². The van der Waals surface area contributed by atoms with Crippen LogP contribution in [0.2, 0.25) is 0 Å². The summed E-state index contributed by atoms with van der Waals surface area (Å²) in [5.74, 6) is -0.123. The number of carbonyl (C=O) groups is 1. The van der Waals surface area contributed by atoms with Gasteiger partial charge in [0.1, 0.15) is 0 Å². The molecule has 2 heterocycles. The van der Waals surface area contributed by atoms with Gasteiger partial charge in [-0.05, 0) is 48.3 Å². The lowest BCUT2D eigenvalue weighted by Crippen LogP contribution is -2.55. The lowest BCUT2D eigenvalue weighted by molar-refractivity contribution is 0.0239. The van der Waals surface area contributed by atoms with Crippen molar-refractivity contribution >= 4 is 31.9 Å². The molecule has 2 aliphatic rings. The topological polar surface area (TPSA) is 75.7 Å². The minimum Gasteiger partial charge on any atom is -0.439 e. The summed E-state index contributed by atoms with van der Waals surface area (Å²) in [6.45, 7) is 3.49. The highest BCUT2D eigenvalue weighted by Gasteiger charge is 2.59. The van der Waals surface area contributed by atoms with Crippen molar-refractivity contribution in [3.63, 3.8) is 0 Å². The SMILES string of the molecule is CCc1ccc(CS(=O)(=O)C2N(Cc3cccc(Br)c3)C(=O)OC23CCNCC3)cc1. The zero-order chi connectivity index (χ0) is 22.1. The Morgan fingerprint density at radius 2 is 1.77 bits per heavy atom. The second kappa shape index (κ2) is 8.92. The molecule has 0 saturated carbocycles. The van der Waals surface area contributed by atoms with Crippen molar-refractivity contribution in [2.45, 2.75) is 49.5 Å². The van der Waals surface area contributed by atoms with Gasteiger partial charge in [-0.15, -0.1) is 0 Å². The minimum absolute atomic E-state index is 0.123. The first kappa shape index (κ1) is 22.3. The molecule has 0 aliphatic carbocycles. The van der Waals surface area contributed by atoms with E-state index in [4.69, 9.17) is 4.74 Å². The maximum atomic E-state index is 13.7. The van der Waals surface area contributed by atoms with Gasteiger partial charge in [-0.3, -0.25) is 4.90 Å². The van der Waals surface area contributed by atoms with E-state index in [-0.39, 0.29) is 12.3 Å². The highest BCUT2D eigenvalue weighted by molar-refractivity contribution is 9.10. The smallest absolute Gasteiger partial charge is 0.411 e. The van der Waals surface area contributed by atoms with E-state index < -0.39 is 26.9 Å². The van der Waals surface area contributed by atoms with Crippen molar-refractivity contribution in [2.24, 2.45) is 0 Å². The molecule has 0 aromatic heterocycles. The number of sulfone groups is 1. The third-order valence-corrected chi connectivity index (χ3v) is 8.68. The lowest BCUT2D eigenvalue weighted by atomic mass is 9.92. The summed E-state index contributed by atoms with van der Waals surface area (Å²) in [6, 6.07) is 15.2. The summed E-state index contributed by atoms with van der Waals surface area (Å²) >= 11 is 3.45. The molecule has 2 saturated heterocycles. The minimum atomic E-state index is -3.71. The van der Waals surface area contributed by atoms with Crippen LogP contribution in [0.5, 0.6) is 0 Å². The molecule has 0 bridgehead atoms. The molecule has 0 radical (unpaired) electrons. The average Bonchev–Trinajstić information content (AvgIpc) is 3.00. The normalized spacial score (nSPS) is 20.8. The maximum Gasteiger partial charge on any atom is 0.411 e. The third-order valence-electron chi connectivity index (χ3n) is 6.09. The average molecular weight is 507 g/mol. The Balaban J connectivity index is 1.69. The van der Waals surface area contributed by atoms with E-state index in [1.807, 2.05) is 48.5 Å². The summed E-state index contributed by atoms with van der Waals surface area (Å²) in [7, 11) is -3.71. The van der Waals surface area contributed by atoms with Gasteiger partial charge < -0.3 is 10.1 Å². The van der Waals surface area contributed by atoms with Gasteiger partial charge in [0.15, 0.2) is 20.8 Å². The molecule has 2 aliphatic heterocycles. The molecule has 166 valence electrons. The number of carbonyl (C=O) groups excluding carboxylic acids is 1. The standard InChI is InChI=1S/C23H27BrN2O4S/c1-2-17-6-8-18(9-7-17)16-31(28,29)21-23(10-12-25-13-11-23)30-22(27)26(21)15-19-4-3-5-20(24)14-19/h3-9,14,21,25H,2,10-13,15-16H2,1H3. The van der Waals surface area contributed by atoms with Gasteiger partial charge in [-0.1, -0.05) is 59.3 Å². The van der Waals surface area contributed by atoms with Gasteiger partial charge in [-0.2, -0.15) is 0 Å². The number of hydrogen-bond acceptors (Lipinski definition) is 5. The molecule has 8 heteroatoms. The van der Waals surface area contributed by atoms with Crippen LogP contribution in [-0.4, -0.2) is 43.5 Å². The van der Waals surface area contributed by atoms with Crippen LogP contribution < -0.4 is 5.32 Å². The van der Waals surface area contributed by atoms with Crippen LogP contribution in [0.4, 0.5) is 4.79 Å². The van der Waals surface area contributed by atoms with Crippen LogP contribution in [0.25, 0.3) is 0 Å². The van der Waals surface area contributed by atoms with Crippen LogP contribution >= 0.6 is 15.9 Å². The number of piperidine rings is 1. The summed E-state index contributed by atoms with van der Waals surface area (Å²) < 4.78 is 34.2. The van der Waals surface area contributed by atoms with E-state index in [0.717, 1.165) is 27.6 Å². The van der Waals surface area contributed by atoms with Crippen LogP contribution in [0, 0.1) is 0 Å².